The molecule has 3 heteroatoms. The van der Waals surface area contributed by atoms with Gasteiger partial charge >= 0.3 is 0 Å². The smallest absolute Gasteiger partial charge is 0.133 e. The Labute approximate surface area is 133 Å². The third kappa shape index (κ3) is 3.30. The van der Waals surface area contributed by atoms with Crippen LogP contribution in [0, 0.1) is 5.92 Å². The summed E-state index contributed by atoms with van der Waals surface area (Å²) >= 11 is 3.49. The second-order valence-electron chi connectivity index (χ2n) is 5.66. The average Bonchev–Trinajstić information content (AvgIpc) is 3.29. The molecule has 0 radical (unpaired) electrons. The van der Waals surface area contributed by atoms with Gasteiger partial charge in [-0.2, -0.15) is 0 Å². The minimum absolute atomic E-state index is 0.282. The Balaban J connectivity index is 1.63. The van der Waals surface area contributed by atoms with E-state index >= 15 is 0 Å². The van der Waals surface area contributed by atoms with E-state index in [1.54, 1.807) is 7.11 Å². The van der Waals surface area contributed by atoms with Gasteiger partial charge in [0, 0.05) is 0 Å². The maximum Gasteiger partial charge on any atom is 0.133 e. The molecule has 0 aliphatic heterocycles. The highest BCUT2D eigenvalue weighted by Crippen LogP contribution is 2.50. The first-order chi connectivity index (χ1) is 10.2. The minimum Gasteiger partial charge on any atom is -0.496 e. The number of aliphatic hydroxyl groups is 1. The number of aliphatic hydroxyl groups excluding tert-OH is 1. The van der Waals surface area contributed by atoms with Gasteiger partial charge in [0.25, 0.3) is 0 Å². The Hall–Kier alpha value is -1.32. The number of hydrogen-bond donors (Lipinski definition) is 1. The zero-order valence-corrected chi connectivity index (χ0v) is 13.6. The second kappa shape index (κ2) is 6.20. The van der Waals surface area contributed by atoms with Crippen molar-refractivity contribution in [2.24, 2.45) is 5.92 Å². The molecule has 21 heavy (non-hydrogen) atoms. The molecule has 2 nitrogen and oxygen atoms in total. The molecule has 1 saturated carbocycles. The number of hydrogen-bond acceptors (Lipinski definition) is 2. The molecule has 1 aliphatic carbocycles. The van der Waals surface area contributed by atoms with Crippen LogP contribution in [0.25, 0.3) is 0 Å². The number of ether oxygens (including phenoxy) is 1. The second-order valence-corrected chi connectivity index (χ2v) is 6.51. The van der Waals surface area contributed by atoms with Gasteiger partial charge in [0.05, 0.1) is 17.7 Å². The molecule has 2 aromatic carbocycles. The van der Waals surface area contributed by atoms with Crippen molar-refractivity contribution < 1.29 is 9.84 Å². The first kappa shape index (κ1) is 14.6. The first-order valence-corrected chi connectivity index (χ1v) is 8.03. The van der Waals surface area contributed by atoms with Crippen molar-refractivity contribution in [2.75, 3.05) is 7.11 Å². The predicted molar refractivity (Wildman–Crippen MR) is 87.7 cm³/mol. The van der Waals surface area contributed by atoms with E-state index in [4.69, 9.17) is 4.74 Å². The molecule has 0 spiro atoms. The topological polar surface area (TPSA) is 29.5 Å². The number of methoxy groups -OCH3 is 1. The van der Waals surface area contributed by atoms with E-state index in [0.29, 0.717) is 18.3 Å². The molecule has 0 bridgehead atoms. The van der Waals surface area contributed by atoms with Crippen LogP contribution >= 0.6 is 15.9 Å². The molecule has 1 fully saturated rings. The summed E-state index contributed by atoms with van der Waals surface area (Å²) < 4.78 is 6.17. The first-order valence-electron chi connectivity index (χ1n) is 7.24. The third-order valence-electron chi connectivity index (χ3n) is 4.22. The van der Waals surface area contributed by atoms with Crippen molar-refractivity contribution >= 4 is 15.9 Å². The van der Waals surface area contributed by atoms with Gasteiger partial charge < -0.3 is 9.84 Å². The van der Waals surface area contributed by atoms with Crippen LogP contribution in [0.1, 0.15) is 23.5 Å². The summed E-state index contributed by atoms with van der Waals surface area (Å²) in [6, 6.07) is 16.5. The lowest BCUT2D eigenvalue weighted by Gasteiger charge is -2.12. The van der Waals surface area contributed by atoms with Crippen LogP contribution in [-0.2, 0) is 6.42 Å². The highest BCUT2D eigenvalue weighted by atomic mass is 79.9. The van der Waals surface area contributed by atoms with Gasteiger partial charge in [0.15, 0.2) is 0 Å². The van der Waals surface area contributed by atoms with Gasteiger partial charge in [-0.25, -0.2) is 0 Å². The van der Waals surface area contributed by atoms with Crippen molar-refractivity contribution in [1.29, 1.82) is 0 Å². The zero-order valence-electron chi connectivity index (χ0n) is 12.0. The fourth-order valence-electron chi connectivity index (χ4n) is 2.95. The van der Waals surface area contributed by atoms with Gasteiger partial charge in [0.1, 0.15) is 5.75 Å². The number of halogens is 1. The molecule has 110 valence electrons. The van der Waals surface area contributed by atoms with Crippen molar-refractivity contribution in [1.82, 2.24) is 0 Å². The molecule has 0 heterocycles. The minimum atomic E-state index is -0.282. The maximum atomic E-state index is 10.4. The van der Waals surface area contributed by atoms with Crippen molar-refractivity contribution in [3.8, 4) is 5.75 Å². The van der Waals surface area contributed by atoms with Gasteiger partial charge in [-0.3, -0.25) is 0 Å². The monoisotopic (exact) mass is 346 g/mol. The van der Waals surface area contributed by atoms with E-state index in [0.717, 1.165) is 22.2 Å². The summed E-state index contributed by atoms with van der Waals surface area (Å²) in [5, 5.41) is 10.4. The maximum absolute atomic E-state index is 10.4. The fourth-order valence-corrected chi connectivity index (χ4v) is 3.54. The largest absolute Gasteiger partial charge is 0.496 e. The Bertz CT molecular complexity index is 612. The average molecular weight is 347 g/mol. The molecule has 0 aromatic heterocycles. The molecule has 0 amide bonds. The molecule has 1 N–H and O–H groups in total. The number of benzene rings is 2. The van der Waals surface area contributed by atoms with E-state index < -0.39 is 0 Å². The molecular formula is C18H19BrO2. The highest BCUT2D eigenvalue weighted by Gasteiger charge is 2.42. The highest BCUT2D eigenvalue weighted by molar-refractivity contribution is 9.10. The summed E-state index contributed by atoms with van der Waals surface area (Å²) in [5.41, 5.74) is 2.48. The van der Waals surface area contributed by atoms with Gasteiger partial charge in [-0.05, 0) is 63.9 Å². The van der Waals surface area contributed by atoms with E-state index in [9.17, 15) is 5.11 Å². The lowest BCUT2D eigenvalue weighted by atomic mass is 10.0. The van der Waals surface area contributed by atoms with E-state index in [2.05, 4.69) is 40.2 Å². The standard InChI is InChI=1S/C18H19BrO2/c1-21-18-8-7-12(9-16(18)19)10-17(20)15-11-14(15)13-5-3-2-4-6-13/h2-9,14-15,17,20H,10-11H2,1H3. The predicted octanol–water partition coefficient (Wildman–Crippen LogP) is 4.16. The quantitative estimate of drug-likeness (QED) is 0.880. The number of rotatable bonds is 5. The van der Waals surface area contributed by atoms with Gasteiger partial charge in [-0.15, -0.1) is 0 Å². The summed E-state index contributed by atoms with van der Waals surface area (Å²) in [6.45, 7) is 0. The summed E-state index contributed by atoms with van der Waals surface area (Å²) in [7, 11) is 1.66. The van der Waals surface area contributed by atoms with Crippen molar-refractivity contribution in [2.45, 2.75) is 24.9 Å². The summed E-state index contributed by atoms with van der Waals surface area (Å²) in [5.74, 6) is 1.72. The molecule has 3 atom stereocenters. The molecular weight excluding hydrogens is 328 g/mol. The summed E-state index contributed by atoms with van der Waals surface area (Å²) in [6.07, 6.45) is 1.49. The fraction of sp³-hybridized carbons (Fsp3) is 0.333. The Morgan fingerprint density at radius 1 is 1.24 bits per heavy atom. The van der Waals surface area contributed by atoms with Gasteiger partial charge in [0.2, 0.25) is 0 Å². The Kier molecular flexibility index (Phi) is 4.32. The molecule has 1 aliphatic rings. The Morgan fingerprint density at radius 2 is 2.00 bits per heavy atom. The normalized spacial score (nSPS) is 21.9. The van der Waals surface area contributed by atoms with Crippen LogP contribution in [0.4, 0.5) is 0 Å². The van der Waals surface area contributed by atoms with Crippen LogP contribution in [0.5, 0.6) is 5.75 Å². The third-order valence-corrected chi connectivity index (χ3v) is 4.84. The Morgan fingerprint density at radius 3 is 2.67 bits per heavy atom. The molecule has 0 saturated heterocycles. The summed E-state index contributed by atoms with van der Waals surface area (Å²) in [4.78, 5) is 0. The van der Waals surface area contributed by atoms with E-state index in [1.165, 1.54) is 5.56 Å². The molecule has 3 rings (SSSR count). The lowest BCUT2D eigenvalue weighted by molar-refractivity contribution is 0.149. The molecule has 2 aromatic rings. The SMILES string of the molecule is COc1ccc(CC(O)C2CC2c2ccccc2)cc1Br. The lowest BCUT2D eigenvalue weighted by Crippen LogP contribution is -2.14. The zero-order chi connectivity index (χ0) is 14.8. The van der Waals surface area contributed by atoms with E-state index in [-0.39, 0.29) is 6.10 Å². The van der Waals surface area contributed by atoms with Crippen LogP contribution in [0.2, 0.25) is 0 Å². The van der Waals surface area contributed by atoms with Crippen LogP contribution in [0.15, 0.2) is 53.0 Å². The van der Waals surface area contributed by atoms with Crippen molar-refractivity contribution in [3.05, 3.63) is 64.1 Å². The van der Waals surface area contributed by atoms with Crippen LogP contribution in [0.3, 0.4) is 0 Å². The van der Waals surface area contributed by atoms with Crippen LogP contribution in [-0.4, -0.2) is 18.3 Å². The van der Waals surface area contributed by atoms with Gasteiger partial charge in [-0.1, -0.05) is 36.4 Å². The van der Waals surface area contributed by atoms with E-state index in [1.807, 2.05) is 24.3 Å². The molecule has 3 unspecified atom stereocenters. The van der Waals surface area contributed by atoms with Crippen molar-refractivity contribution in [3.63, 3.8) is 0 Å². The van der Waals surface area contributed by atoms with Crippen LogP contribution < -0.4 is 4.74 Å².